The first-order chi connectivity index (χ1) is 6.41. The van der Waals surface area contributed by atoms with Gasteiger partial charge in [0, 0.05) is 6.61 Å². The van der Waals surface area contributed by atoms with E-state index < -0.39 is 0 Å². The summed E-state index contributed by atoms with van der Waals surface area (Å²) in [6.45, 7) is 2.29. The molecule has 0 aromatic carbocycles. The first-order valence-electron chi connectivity index (χ1n) is 4.95. The Kier molecular flexibility index (Phi) is 10.5. The van der Waals surface area contributed by atoms with Crippen LogP contribution in [-0.4, -0.2) is 11.7 Å². The van der Waals surface area contributed by atoms with Crippen molar-refractivity contribution in [3.63, 3.8) is 0 Å². The average Bonchev–Trinajstić information content (AvgIpc) is 2.16. The molecule has 13 heavy (non-hydrogen) atoms. The van der Waals surface area contributed by atoms with Crippen molar-refractivity contribution in [3.8, 4) is 0 Å². The Morgan fingerprint density at radius 1 is 0.923 bits per heavy atom. The highest BCUT2D eigenvalue weighted by atomic mass is 16.2. The van der Waals surface area contributed by atoms with Crippen LogP contribution in [0.3, 0.4) is 0 Å². The van der Waals surface area contributed by atoms with E-state index in [2.05, 4.69) is 18.2 Å². The minimum absolute atomic E-state index is 0.242. The fourth-order valence-electron chi connectivity index (χ4n) is 0.944. The van der Waals surface area contributed by atoms with Gasteiger partial charge in [-0.1, -0.05) is 36.5 Å². The zero-order valence-electron chi connectivity index (χ0n) is 8.45. The molecule has 0 radical (unpaired) electrons. The zero-order valence-corrected chi connectivity index (χ0v) is 8.45. The second-order valence-electron chi connectivity index (χ2n) is 2.87. The first-order valence-corrected chi connectivity index (χ1v) is 4.95. The smallest absolute Gasteiger partial charge is 0.0465 e. The monoisotopic (exact) mass is 180 g/mol. The number of hydrogen-bond acceptors (Lipinski definition) is 1. The third-order valence-corrected chi connectivity index (χ3v) is 1.66. The molecule has 0 aliphatic carbocycles. The molecule has 74 valence electrons. The van der Waals surface area contributed by atoms with Crippen molar-refractivity contribution in [3.05, 3.63) is 36.5 Å². The van der Waals surface area contributed by atoms with Crippen LogP contribution >= 0.6 is 0 Å². The minimum Gasteiger partial charge on any atom is -0.396 e. The third kappa shape index (κ3) is 11.2. The summed E-state index contributed by atoms with van der Waals surface area (Å²) in [5.74, 6) is 0. The van der Waals surface area contributed by atoms with Crippen molar-refractivity contribution < 1.29 is 5.11 Å². The van der Waals surface area contributed by atoms with Crippen molar-refractivity contribution in [1.82, 2.24) is 0 Å². The van der Waals surface area contributed by atoms with Crippen LogP contribution in [0.25, 0.3) is 0 Å². The SMILES string of the molecule is C/C=C/CCC/C=C/C=C/CCO. The first kappa shape index (κ1) is 12.2. The lowest BCUT2D eigenvalue weighted by atomic mass is 10.2. The molecule has 0 aliphatic rings. The van der Waals surface area contributed by atoms with Gasteiger partial charge in [0.25, 0.3) is 0 Å². The predicted octanol–water partition coefficient (Wildman–Crippen LogP) is 3.23. The molecule has 0 fully saturated rings. The summed E-state index contributed by atoms with van der Waals surface area (Å²) in [5, 5.41) is 8.48. The van der Waals surface area contributed by atoms with Crippen LogP contribution in [0.5, 0.6) is 0 Å². The van der Waals surface area contributed by atoms with Crippen LogP contribution in [0.2, 0.25) is 0 Å². The molecule has 0 saturated heterocycles. The van der Waals surface area contributed by atoms with Crippen LogP contribution in [0, 0.1) is 0 Å². The molecule has 1 nitrogen and oxygen atoms in total. The van der Waals surface area contributed by atoms with Gasteiger partial charge in [0.2, 0.25) is 0 Å². The summed E-state index contributed by atoms with van der Waals surface area (Å²) in [5.41, 5.74) is 0. The average molecular weight is 180 g/mol. The van der Waals surface area contributed by atoms with E-state index >= 15 is 0 Å². The number of unbranched alkanes of at least 4 members (excludes halogenated alkanes) is 2. The molecule has 0 atom stereocenters. The summed E-state index contributed by atoms with van der Waals surface area (Å²) in [4.78, 5) is 0. The van der Waals surface area contributed by atoms with E-state index in [-0.39, 0.29) is 6.61 Å². The number of rotatable bonds is 7. The maximum atomic E-state index is 8.48. The molecule has 0 amide bonds. The maximum absolute atomic E-state index is 8.48. The van der Waals surface area contributed by atoms with Gasteiger partial charge in [-0.15, -0.1) is 0 Å². The molecule has 0 unspecified atom stereocenters. The Labute approximate surface area is 81.5 Å². The quantitative estimate of drug-likeness (QED) is 0.362. The van der Waals surface area contributed by atoms with Crippen LogP contribution < -0.4 is 0 Å². The molecule has 0 heterocycles. The fraction of sp³-hybridized carbons (Fsp3) is 0.500. The fourth-order valence-corrected chi connectivity index (χ4v) is 0.944. The number of allylic oxidation sites excluding steroid dienone is 5. The molecule has 0 aromatic rings. The van der Waals surface area contributed by atoms with Crippen molar-refractivity contribution in [2.45, 2.75) is 32.6 Å². The van der Waals surface area contributed by atoms with Gasteiger partial charge < -0.3 is 5.11 Å². The highest BCUT2D eigenvalue weighted by Gasteiger charge is 1.78. The predicted molar refractivity (Wildman–Crippen MR) is 58.6 cm³/mol. The summed E-state index contributed by atoms with van der Waals surface area (Å²) >= 11 is 0. The summed E-state index contributed by atoms with van der Waals surface area (Å²) in [7, 11) is 0. The maximum Gasteiger partial charge on any atom is 0.0465 e. The molecule has 0 spiro atoms. The van der Waals surface area contributed by atoms with Crippen LogP contribution in [0.4, 0.5) is 0 Å². The third-order valence-electron chi connectivity index (χ3n) is 1.66. The molecule has 1 N–H and O–H groups in total. The van der Waals surface area contributed by atoms with Gasteiger partial charge in [-0.25, -0.2) is 0 Å². The lowest BCUT2D eigenvalue weighted by Gasteiger charge is -1.88. The van der Waals surface area contributed by atoms with Gasteiger partial charge >= 0.3 is 0 Å². The van der Waals surface area contributed by atoms with Crippen molar-refractivity contribution in [2.24, 2.45) is 0 Å². The number of hydrogen-bond donors (Lipinski definition) is 1. The molecular weight excluding hydrogens is 160 g/mol. The Bertz CT molecular complexity index is 166. The van der Waals surface area contributed by atoms with Gasteiger partial charge in [-0.05, 0) is 32.6 Å². The Hall–Kier alpha value is -0.820. The van der Waals surface area contributed by atoms with Crippen LogP contribution in [0.15, 0.2) is 36.5 Å². The normalized spacial score (nSPS) is 12.5. The molecule has 0 saturated carbocycles. The van der Waals surface area contributed by atoms with Crippen LogP contribution in [-0.2, 0) is 0 Å². The van der Waals surface area contributed by atoms with Gasteiger partial charge in [-0.3, -0.25) is 0 Å². The van der Waals surface area contributed by atoms with E-state index in [1.165, 1.54) is 12.8 Å². The Morgan fingerprint density at radius 2 is 1.54 bits per heavy atom. The molecule has 0 rings (SSSR count). The van der Waals surface area contributed by atoms with Gasteiger partial charge in [0.15, 0.2) is 0 Å². The topological polar surface area (TPSA) is 20.2 Å². The summed E-state index contributed by atoms with van der Waals surface area (Å²) < 4.78 is 0. The molecule has 0 aliphatic heterocycles. The Balaban J connectivity index is 3.21. The molecule has 1 heteroatoms. The summed E-state index contributed by atoms with van der Waals surface area (Å²) in [6.07, 6.45) is 16.7. The van der Waals surface area contributed by atoms with E-state index in [0.717, 1.165) is 12.8 Å². The molecule has 0 aromatic heterocycles. The van der Waals surface area contributed by atoms with E-state index in [1.807, 2.05) is 25.2 Å². The standard InChI is InChI=1S/C12H20O/c1-2-3-4-5-6-7-8-9-10-11-12-13/h2-3,7-10,13H,4-6,11-12H2,1H3/b3-2+,8-7+,10-9+. The van der Waals surface area contributed by atoms with E-state index in [9.17, 15) is 0 Å². The highest BCUT2D eigenvalue weighted by molar-refractivity contribution is 5.02. The van der Waals surface area contributed by atoms with Gasteiger partial charge in [0.1, 0.15) is 0 Å². The van der Waals surface area contributed by atoms with Crippen molar-refractivity contribution in [2.75, 3.05) is 6.61 Å². The van der Waals surface area contributed by atoms with Gasteiger partial charge in [-0.2, -0.15) is 0 Å². The second-order valence-corrected chi connectivity index (χ2v) is 2.87. The van der Waals surface area contributed by atoms with Gasteiger partial charge in [0.05, 0.1) is 0 Å². The molecular formula is C12H20O. The van der Waals surface area contributed by atoms with Crippen molar-refractivity contribution >= 4 is 0 Å². The Morgan fingerprint density at radius 3 is 2.15 bits per heavy atom. The minimum atomic E-state index is 0.242. The van der Waals surface area contributed by atoms with Crippen molar-refractivity contribution in [1.29, 1.82) is 0 Å². The second kappa shape index (κ2) is 11.2. The number of aliphatic hydroxyl groups is 1. The molecule has 0 bridgehead atoms. The van der Waals surface area contributed by atoms with E-state index in [1.54, 1.807) is 0 Å². The van der Waals surface area contributed by atoms with E-state index in [4.69, 9.17) is 5.11 Å². The lowest BCUT2D eigenvalue weighted by molar-refractivity contribution is 0.302. The zero-order chi connectivity index (χ0) is 9.78. The van der Waals surface area contributed by atoms with E-state index in [0.29, 0.717) is 0 Å². The van der Waals surface area contributed by atoms with Crippen LogP contribution in [0.1, 0.15) is 32.6 Å². The lowest BCUT2D eigenvalue weighted by Crippen LogP contribution is -1.74. The number of aliphatic hydroxyl groups excluding tert-OH is 1. The largest absolute Gasteiger partial charge is 0.396 e. The summed E-state index contributed by atoms with van der Waals surface area (Å²) in [6, 6.07) is 0. The highest BCUT2D eigenvalue weighted by Crippen LogP contribution is 1.97.